The standard InChI is InChI=1S/C14H16FN3O/c1-9-8-18(11-4-5-11)14(16-9)17-12-6-3-10(15)7-13(12)19-2/h3,6-8,11H,4-5H2,1-2H3,(H,16,17). The second-order valence-electron chi connectivity index (χ2n) is 4.81. The Morgan fingerprint density at radius 3 is 2.89 bits per heavy atom. The van der Waals surface area contributed by atoms with Gasteiger partial charge in [-0.3, -0.25) is 0 Å². The molecule has 0 spiro atoms. The Morgan fingerprint density at radius 2 is 2.21 bits per heavy atom. The summed E-state index contributed by atoms with van der Waals surface area (Å²) in [6.45, 7) is 1.96. The molecule has 100 valence electrons. The highest BCUT2D eigenvalue weighted by molar-refractivity contribution is 5.63. The minimum absolute atomic E-state index is 0.316. The van der Waals surface area contributed by atoms with Gasteiger partial charge >= 0.3 is 0 Å². The maximum absolute atomic E-state index is 13.2. The van der Waals surface area contributed by atoms with Crippen molar-refractivity contribution in [2.45, 2.75) is 25.8 Å². The summed E-state index contributed by atoms with van der Waals surface area (Å²) in [6, 6.07) is 4.96. The van der Waals surface area contributed by atoms with Gasteiger partial charge in [-0.1, -0.05) is 0 Å². The number of rotatable bonds is 4. The summed E-state index contributed by atoms with van der Waals surface area (Å²) in [4.78, 5) is 4.47. The lowest BCUT2D eigenvalue weighted by molar-refractivity contribution is 0.413. The molecule has 1 aliphatic carbocycles. The van der Waals surface area contributed by atoms with E-state index in [1.807, 2.05) is 13.1 Å². The van der Waals surface area contributed by atoms with Crippen molar-refractivity contribution < 1.29 is 9.13 Å². The van der Waals surface area contributed by atoms with Crippen LogP contribution in [0.15, 0.2) is 24.4 Å². The molecule has 1 heterocycles. The van der Waals surface area contributed by atoms with Gasteiger partial charge in [-0.15, -0.1) is 0 Å². The number of hydrogen-bond donors (Lipinski definition) is 1. The van der Waals surface area contributed by atoms with Crippen LogP contribution in [0.5, 0.6) is 5.75 Å². The molecule has 5 heteroatoms. The lowest BCUT2D eigenvalue weighted by atomic mass is 10.3. The Balaban J connectivity index is 1.92. The number of hydrogen-bond acceptors (Lipinski definition) is 3. The molecule has 0 radical (unpaired) electrons. The fraction of sp³-hybridized carbons (Fsp3) is 0.357. The maximum atomic E-state index is 13.2. The molecule has 3 rings (SSSR count). The van der Waals surface area contributed by atoms with Crippen LogP contribution in [0.1, 0.15) is 24.6 Å². The molecule has 1 N–H and O–H groups in total. The van der Waals surface area contributed by atoms with Crippen molar-refractivity contribution in [3.63, 3.8) is 0 Å². The largest absolute Gasteiger partial charge is 0.494 e. The van der Waals surface area contributed by atoms with Crippen molar-refractivity contribution in [2.75, 3.05) is 12.4 Å². The van der Waals surface area contributed by atoms with Crippen LogP contribution < -0.4 is 10.1 Å². The monoisotopic (exact) mass is 261 g/mol. The van der Waals surface area contributed by atoms with E-state index < -0.39 is 0 Å². The quantitative estimate of drug-likeness (QED) is 0.916. The first-order valence-corrected chi connectivity index (χ1v) is 6.33. The van der Waals surface area contributed by atoms with E-state index >= 15 is 0 Å². The molecule has 0 atom stereocenters. The highest BCUT2D eigenvalue weighted by Gasteiger charge is 2.26. The predicted octanol–water partition coefficient (Wildman–Crippen LogP) is 3.42. The average molecular weight is 261 g/mol. The molecule has 1 saturated carbocycles. The minimum atomic E-state index is -0.316. The summed E-state index contributed by atoms with van der Waals surface area (Å²) < 4.78 is 20.5. The number of aryl methyl sites for hydroxylation is 1. The number of nitrogens with zero attached hydrogens (tertiary/aromatic N) is 2. The number of ether oxygens (including phenoxy) is 1. The van der Waals surface area contributed by atoms with E-state index in [4.69, 9.17) is 4.74 Å². The molecule has 0 amide bonds. The van der Waals surface area contributed by atoms with Gasteiger partial charge in [0.05, 0.1) is 18.5 Å². The van der Waals surface area contributed by atoms with E-state index in [9.17, 15) is 4.39 Å². The van der Waals surface area contributed by atoms with Gasteiger partial charge < -0.3 is 14.6 Å². The van der Waals surface area contributed by atoms with Gasteiger partial charge in [0.25, 0.3) is 0 Å². The number of anilines is 2. The van der Waals surface area contributed by atoms with Crippen LogP contribution in [-0.2, 0) is 0 Å². The third kappa shape index (κ3) is 2.41. The van der Waals surface area contributed by atoms with E-state index in [0.717, 1.165) is 17.3 Å². The van der Waals surface area contributed by atoms with Gasteiger partial charge in [0.15, 0.2) is 0 Å². The molecule has 1 aromatic heterocycles. The smallest absolute Gasteiger partial charge is 0.207 e. The Hall–Kier alpha value is -2.04. The van der Waals surface area contributed by atoms with Gasteiger partial charge in [0.2, 0.25) is 5.95 Å². The highest BCUT2D eigenvalue weighted by atomic mass is 19.1. The molecule has 19 heavy (non-hydrogen) atoms. The molecule has 1 fully saturated rings. The van der Waals surface area contributed by atoms with Crippen LogP contribution >= 0.6 is 0 Å². The summed E-state index contributed by atoms with van der Waals surface area (Å²) in [5.41, 5.74) is 1.69. The van der Waals surface area contributed by atoms with Crippen molar-refractivity contribution in [2.24, 2.45) is 0 Å². The predicted molar refractivity (Wildman–Crippen MR) is 71.5 cm³/mol. The molecule has 1 aromatic carbocycles. The van der Waals surface area contributed by atoms with Crippen molar-refractivity contribution in [1.29, 1.82) is 0 Å². The molecule has 0 unspecified atom stereocenters. The van der Waals surface area contributed by atoms with Crippen LogP contribution in [0.2, 0.25) is 0 Å². The number of halogens is 1. The molecule has 4 nitrogen and oxygen atoms in total. The summed E-state index contributed by atoms with van der Waals surface area (Å²) in [5, 5.41) is 3.22. The Kier molecular flexibility index (Phi) is 2.89. The fourth-order valence-electron chi connectivity index (χ4n) is 2.13. The van der Waals surface area contributed by atoms with E-state index in [1.54, 1.807) is 6.07 Å². The maximum Gasteiger partial charge on any atom is 0.207 e. The van der Waals surface area contributed by atoms with Crippen molar-refractivity contribution in [3.05, 3.63) is 35.9 Å². The van der Waals surface area contributed by atoms with E-state index in [0.29, 0.717) is 11.8 Å². The minimum Gasteiger partial charge on any atom is -0.494 e. The molecule has 2 aromatic rings. The SMILES string of the molecule is COc1cc(F)ccc1Nc1nc(C)cn1C1CC1. The lowest BCUT2D eigenvalue weighted by Crippen LogP contribution is -2.02. The zero-order valence-electron chi connectivity index (χ0n) is 11.0. The third-order valence-electron chi connectivity index (χ3n) is 3.20. The van der Waals surface area contributed by atoms with E-state index in [2.05, 4.69) is 14.9 Å². The van der Waals surface area contributed by atoms with Crippen LogP contribution in [0.3, 0.4) is 0 Å². The van der Waals surface area contributed by atoms with Crippen molar-refractivity contribution in [3.8, 4) is 5.75 Å². The topological polar surface area (TPSA) is 39.1 Å². The fourth-order valence-corrected chi connectivity index (χ4v) is 2.13. The summed E-state index contributed by atoms with van der Waals surface area (Å²) in [6.07, 6.45) is 4.41. The van der Waals surface area contributed by atoms with Crippen LogP contribution in [-0.4, -0.2) is 16.7 Å². The van der Waals surface area contributed by atoms with Gasteiger partial charge in [0.1, 0.15) is 11.6 Å². The molecular formula is C14H16FN3O. The number of nitrogens with one attached hydrogen (secondary N) is 1. The Bertz CT molecular complexity index is 605. The van der Waals surface area contributed by atoms with Crippen LogP contribution in [0.25, 0.3) is 0 Å². The zero-order valence-corrected chi connectivity index (χ0v) is 11.0. The summed E-state index contributed by atoms with van der Waals surface area (Å²) in [7, 11) is 1.53. The van der Waals surface area contributed by atoms with Gasteiger partial charge in [-0.2, -0.15) is 0 Å². The average Bonchev–Trinajstić information content (AvgIpc) is 3.16. The molecule has 0 aliphatic heterocycles. The van der Waals surface area contributed by atoms with E-state index in [1.165, 1.54) is 32.1 Å². The van der Waals surface area contributed by atoms with Gasteiger partial charge in [-0.05, 0) is 31.9 Å². The van der Waals surface area contributed by atoms with Gasteiger partial charge in [-0.25, -0.2) is 9.37 Å². The number of aromatic nitrogens is 2. The van der Waals surface area contributed by atoms with Crippen LogP contribution in [0, 0.1) is 12.7 Å². The Labute approximate surface area is 111 Å². The van der Waals surface area contributed by atoms with Gasteiger partial charge in [0, 0.05) is 18.3 Å². The first kappa shape index (κ1) is 12.0. The second-order valence-corrected chi connectivity index (χ2v) is 4.81. The van der Waals surface area contributed by atoms with Crippen LogP contribution in [0.4, 0.5) is 16.0 Å². The normalized spacial score (nSPS) is 14.5. The van der Waals surface area contributed by atoms with Crippen molar-refractivity contribution in [1.82, 2.24) is 9.55 Å². The van der Waals surface area contributed by atoms with Crippen molar-refractivity contribution >= 4 is 11.6 Å². The number of benzene rings is 1. The molecule has 1 aliphatic rings. The molecular weight excluding hydrogens is 245 g/mol. The number of imidazole rings is 1. The first-order valence-electron chi connectivity index (χ1n) is 6.33. The second kappa shape index (κ2) is 4.57. The summed E-state index contributed by atoms with van der Waals surface area (Å²) >= 11 is 0. The third-order valence-corrected chi connectivity index (χ3v) is 3.20. The highest BCUT2D eigenvalue weighted by Crippen LogP contribution is 2.38. The molecule has 0 bridgehead atoms. The lowest BCUT2D eigenvalue weighted by Gasteiger charge is -2.12. The first-order chi connectivity index (χ1) is 9.17. The summed E-state index contributed by atoms with van der Waals surface area (Å²) in [5.74, 6) is 0.942. The Morgan fingerprint density at radius 1 is 1.42 bits per heavy atom. The zero-order chi connectivity index (χ0) is 13.4. The number of methoxy groups -OCH3 is 1. The van der Waals surface area contributed by atoms with E-state index in [-0.39, 0.29) is 5.82 Å². The molecule has 0 saturated heterocycles.